The summed E-state index contributed by atoms with van der Waals surface area (Å²) in [5.41, 5.74) is 3.83. The molecule has 1 aliphatic rings. The Morgan fingerprint density at radius 1 is 1.16 bits per heavy atom. The highest BCUT2D eigenvalue weighted by Gasteiger charge is 2.19. The lowest BCUT2D eigenvalue weighted by Crippen LogP contribution is -2.13. The van der Waals surface area contributed by atoms with Crippen molar-refractivity contribution in [3.8, 4) is 0 Å². The molecule has 3 aromatic rings. The first-order valence-corrected chi connectivity index (χ1v) is 8.34. The first-order valence-electron chi connectivity index (χ1n) is 8.34. The van der Waals surface area contributed by atoms with E-state index in [0.29, 0.717) is 29.0 Å². The molecule has 1 aromatic heterocycles. The first kappa shape index (κ1) is 15.4. The van der Waals surface area contributed by atoms with E-state index in [1.165, 1.54) is 0 Å². The molecule has 2 aromatic carbocycles. The number of rotatable bonds is 2. The molecule has 25 heavy (non-hydrogen) atoms. The third-order valence-electron chi connectivity index (χ3n) is 4.49. The number of benzene rings is 2. The van der Waals surface area contributed by atoms with Gasteiger partial charge in [0.1, 0.15) is 11.3 Å². The lowest BCUT2D eigenvalue weighted by molar-refractivity contribution is -0.116. The predicted octanol–water partition coefficient (Wildman–Crippen LogP) is 4.27. The molecule has 4 rings (SSSR count). The van der Waals surface area contributed by atoms with E-state index in [9.17, 15) is 9.59 Å². The second-order valence-corrected chi connectivity index (χ2v) is 6.26. The summed E-state index contributed by atoms with van der Waals surface area (Å²) in [4.78, 5) is 24.4. The molecule has 2 heterocycles. The van der Waals surface area contributed by atoms with Crippen LogP contribution in [0.15, 0.2) is 46.9 Å². The van der Waals surface area contributed by atoms with Crippen molar-refractivity contribution in [3.05, 3.63) is 59.4 Å². The summed E-state index contributed by atoms with van der Waals surface area (Å²) < 4.78 is 5.67. The highest BCUT2D eigenvalue weighted by Crippen LogP contribution is 2.28. The number of nitrogens with one attached hydrogen (secondary N) is 2. The quantitative estimate of drug-likeness (QED) is 0.735. The summed E-state index contributed by atoms with van der Waals surface area (Å²) in [6.45, 7) is 1.79. The third-order valence-corrected chi connectivity index (χ3v) is 4.49. The number of carbonyl (C=O) groups is 2. The van der Waals surface area contributed by atoms with Gasteiger partial charge < -0.3 is 15.1 Å². The Morgan fingerprint density at radius 3 is 2.88 bits per heavy atom. The fourth-order valence-electron chi connectivity index (χ4n) is 3.30. The van der Waals surface area contributed by atoms with Gasteiger partial charge in [-0.3, -0.25) is 9.59 Å². The van der Waals surface area contributed by atoms with Crippen molar-refractivity contribution in [1.82, 2.24) is 0 Å². The topological polar surface area (TPSA) is 71.3 Å². The van der Waals surface area contributed by atoms with Crippen LogP contribution in [0.3, 0.4) is 0 Å². The van der Waals surface area contributed by atoms with Crippen molar-refractivity contribution >= 4 is 34.2 Å². The molecule has 5 nitrogen and oxygen atoms in total. The van der Waals surface area contributed by atoms with Gasteiger partial charge in [0.2, 0.25) is 5.91 Å². The van der Waals surface area contributed by atoms with E-state index in [-0.39, 0.29) is 11.8 Å². The smallest absolute Gasteiger partial charge is 0.259 e. The van der Waals surface area contributed by atoms with E-state index in [1.54, 1.807) is 13.0 Å². The fourth-order valence-corrected chi connectivity index (χ4v) is 3.30. The van der Waals surface area contributed by atoms with E-state index < -0.39 is 0 Å². The maximum absolute atomic E-state index is 12.8. The molecule has 0 unspecified atom stereocenters. The molecule has 0 saturated heterocycles. The Balaban J connectivity index is 1.64. The highest BCUT2D eigenvalue weighted by atomic mass is 16.3. The van der Waals surface area contributed by atoms with E-state index >= 15 is 0 Å². The summed E-state index contributed by atoms with van der Waals surface area (Å²) >= 11 is 0. The molecule has 0 bridgehead atoms. The monoisotopic (exact) mass is 334 g/mol. The molecular weight excluding hydrogens is 316 g/mol. The number of fused-ring (bicyclic) bond motifs is 2. The Kier molecular flexibility index (Phi) is 3.76. The zero-order chi connectivity index (χ0) is 17.4. The van der Waals surface area contributed by atoms with Crippen molar-refractivity contribution in [3.63, 3.8) is 0 Å². The molecule has 0 aliphatic carbocycles. The van der Waals surface area contributed by atoms with Crippen LogP contribution >= 0.6 is 0 Å². The van der Waals surface area contributed by atoms with Gasteiger partial charge in [0.25, 0.3) is 5.91 Å². The minimum atomic E-state index is -0.194. The maximum atomic E-state index is 12.8. The molecule has 126 valence electrons. The second kappa shape index (κ2) is 6.09. The highest BCUT2D eigenvalue weighted by molar-refractivity contribution is 6.13. The van der Waals surface area contributed by atoms with E-state index in [0.717, 1.165) is 29.5 Å². The van der Waals surface area contributed by atoms with E-state index in [1.807, 2.05) is 36.4 Å². The van der Waals surface area contributed by atoms with Gasteiger partial charge in [-0.1, -0.05) is 18.2 Å². The van der Waals surface area contributed by atoms with E-state index in [2.05, 4.69) is 10.6 Å². The number of para-hydroxylation sites is 1. The maximum Gasteiger partial charge on any atom is 0.259 e. The number of amides is 2. The minimum absolute atomic E-state index is 0.0380. The number of carbonyl (C=O) groups excluding carboxylic acids is 2. The average molecular weight is 334 g/mol. The van der Waals surface area contributed by atoms with Gasteiger partial charge in [-0.2, -0.15) is 0 Å². The van der Waals surface area contributed by atoms with Gasteiger partial charge in [-0.15, -0.1) is 0 Å². The number of hydrogen-bond donors (Lipinski definition) is 2. The van der Waals surface area contributed by atoms with Crippen LogP contribution in [-0.2, 0) is 11.2 Å². The van der Waals surface area contributed by atoms with Crippen LogP contribution in [0.2, 0.25) is 0 Å². The van der Waals surface area contributed by atoms with Crippen LogP contribution in [0.1, 0.15) is 34.5 Å². The molecule has 0 spiro atoms. The standard InChI is InChI=1S/C20H18N2O3/c1-12-19(15-6-2-3-7-17(15)25-12)20(24)21-14-9-10-16-13(11-14)5-4-8-18(23)22-16/h2-3,6-7,9-11H,4-5,8H2,1H3,(H,21,24)(H,22,23). The Bertz CT molecular complexity index is 988. The van der Waals surface area contributed by atoms with E-state index in [4.69, 9.17) is 4.42 Å². The predicted molar refractivity (Wildman–Crippen MR) is 96.9 cm³/mol. The molecule has 0 fully saturated rings. The molecule has 0 saturated carbocycles. The lowest BCUT2D eigenvalue weighted by Gasteiger charge is -2.10. The molecule has 1 aliphatic heterocycles. The fraction of sp³-hybridized carbons (Fsp3) is 0.200. The number of aryl methyl sites for hydroxylation is 2. The molecule has 0 radical (unpaired) electrons. The first-order chi connectivity index (χ1) is 12.1. The van der Waals surface area contributed by atoms with Crippen molar-refractivity contribution in [1.29, 1.82) is 0 Å². The van der Waals surface area contributed by atoms with Crippen LogP contribution < -0.4 is 10.6 Å². The Hall–Kier alpha value is -3.08. The summed E-state index contributed by atoms with van der Waals surface area (Å²) in [6.07, 6.45) is 2.14. The summed E-state index contributed by atoms with van der Waals surface area (Å²) in [5, 5.41) is 6.65. The zero-order valence-corrected chi connectivity index (χ0v) is 13.9. The van der Waals surface area contributed by atoms with Gasteiger partial charge in [0.05, 0.1) is 5.56 Å². The Labute approximate surface area is 145 Å². The molecule has 2 amide bonds. The molecule has 5 heteroatoms. The van der Waals surface area contributed by atoms with Gasteiger partial charge in [0.15, 0.2) is 0 Å². The average Bonchev–Trinajstić information content (AvgIpc) is 2.81. The van der Waals surface area contributed by atoms with Gasteiger partial charge in [0, 0.05) is 23.2 Å². The Morgan fingerprint density at radius 2 is 2.00 bits per heavy atom. The second-order valence-electron chi connectivity index (χ2n) is 6.26. The largest absolute Gasteiger partial charge is 0.461 e. The number of furan rings is 1. The number of hydrogen-bond acceptors (Lipinski definition) is 3. The molecule has 2 N–H and O–H groups in total. The molecule has 0 atom stereocenters. The molecular formula is C20H18N2O3. The van der Waals surface area contributed by atoms with Gasteiger partial charge in [-0.05, 0) is 49.6 Å². The summed E-state index contributed by atoms with van der Waals surface area (Å²) in [5.74, 6) is 0.441. The van der Waals surface area contributed by atoms with Gasteiger partial charge in [-0.25, -0.2) is 0 Å². The normalized spacial score (nSPS) is 13.9. The summed E-state index contributed by atoms with van der Waals surface area (Å²) in [7, 11) is 0. The SMILES string of the molecule is Cc1oc2ccccc2c1C(=O)Nc1ccc2c(c1)CCCC(=O)N2. The zero-order valence-electron chi connectivity index (χ0n) is 13.9. The van der Waals surface area contributed by atoms with Crippen LogP contribution in [0, 0.1) is 6.92 Å². The van der Waals surface area contributed by atoms with Crippen LogP contribution in [0.5, 0.6) is 0 Å². The van der Waals surface area contributed by atoms with Crippen molar-refractivity contribution in [2.75, 3.05) is 10.6 Å². The third kappa shape index (κ3) is 2.89. The van der Waals surface area contributed by atoms with Crippen LogP contribution in [-0.4, -0.2) is 11.8 Å². The minimum Gasteiger partial charge on any atom is -0.461 e. The van der Waals surface area contributed by atoms with Crippen molar-refractivity contribution in [2.24, 2.45) is 0 Å². The van der Waals surface area contributed by atoms with Crippen LogP contribution in [0.4, 0.5) is 11.4 Å². The van der Waals surface area contributed by atoms with Crippen LogP contribution in [0.25, 0.3) is 11.0 Å². The van der Waals surface area contributed by atoms with Crippen molar-refractivity contribution in [2.45, 2.75) is 26.2 Å². The van der Waals surface area contributed by atoms with Crippen molar-refractivity contribution < 1.29 is 14.0 Å². The number of anilines is 2. The van der Waals surface area contributed by atoms with Gasteiger partial charge >= 0.3 is 0 Å². The lowest BCUT2D eigenvalue weighted by atomic mass is 10.1. The summed E-state index contributed by atoms with van der Waals surface area (Å²) in [6, 6.07) is 13.1.